The van der Waals surface area contributed by atoms with Crippen LogP contribution in [0, 0.1) is 5.92 Å². The van der Waals surface area contributed by atoms with Crippen LogP contribution in [0.3, 0.4) is 0 Å². The van der Waals surface area contributed by atoms with Crippen molar-refractivity contribution < 1.29 is 18.0 Å². The minimum absolute atomic E-state index is 0.0601. The molecule has 6 rings (SSSR count). The summed E-state index contributed by atoms with van der Waals surface area (Å²) in [5.41, 5.74) is 5.85. The number of halogens is 3. The summed E-state index contributed by atoms with van der Waals surface area (Å²) in [4.78, 5) is 43.5. The van der Waals surface area contributed by atoms with E-state index in [1.54, 1.807) is 35.2 Å². The molecule has 0 aliphatic carbocycles. The van der Waals surface area contributed by atoms with E-state index in [1.807, 2.05) is 4.90 Å². The van der Waals surface area contributed by atoms with Crippen molar-refractivity contribution in [2.45, 2.75) is 44.4 Å². The smallest absolute Gasteiger partial charge is 0.368 e. The van der Waals surface area contributed by atoms with Gasteiger partial charge in [0.1, 0.15) is 5.82 Å². The average Bonchev–Trinajstić information content (AvgIpc) is 3.29. The molecule has 0 saturated carbocycles. The number of benzene rings is 1. The molecule has 0 spiro atoms. The highest BCUT2D eigenvalue weighted by Gasteiger charge is 2.34. The van der Waals surface area contributed by atoms with E-state index in [0.29, 0.717) is 38.0 Å². The minimum atomic E-state index is -4.55. The van der Waals surface area contributed by atoms with Crippen LogP contribution in [0.2, 0.25) is 0 Å². The van der Waals surface area contributed by atoms with Gasteiger partial charge in [0.05, 0.1) is 16.6 Å². The number of nitrogens with zero attached hydrogens (tertiary/aromatic N) is 7. The Labute approximate surface area is 239 Å². The number of alkyl halides is 3. The van der Waals surface area contributed by atoms with Crippen molar-refractivity contribution >= 4 is 22.9 Å². The van der Waals surface area contributed by atoms with E-state index < -0.39 is 17.4 Å². The van der Waals surface area contributed by atoms with Gasteiger partial charge in [-0.25, -0.2) is 24.3 Å². The van der Waals surface area contributed by atoms with Crippen molar-refractivity contribution in [2.24, 2.45) is 5.92 Å². The van der Waals surface area contributed by atoms with E-state index in [2.05, 4.69) is 19.9 Å². The van der Waals surface area contributed by atoms with Crippen molar-refractivity contribution in [3.8, 4) is 5.82 Å². The largest absolute Gasteiger partial charge is 0.416 e. The van der Waals surface area contributed by atoms with Gasteiger partial charge in [0.25, 0.3) is 0 Å². The van der Waals surface area contributed by atoms with Gasteiger partial charge in [0.2, 0.25) is 11.9 Å². The maximum Gasteiger partial charge on any atom is 0.416 e. The van der Waals surface area contributed by atoms with E-state index in [1.165, 1.54) is 16.8 Å². The topological polar surface area (TPSA) is 115 Å². The predicted molar refractivity (Wildman–Crippen MR) is 150 cm³/mol. The van der Waals surface area contributed by atoms with Crippen molar-refractivity contribution in [2.75, 3.05) is 31.9 Å². The van der Waals surface area contributed by atoms with Crippen molar-refractivity contribution in [1.82, 2.24) is 33.9 Å². The van der Waals surface area contributed by atoms with Gasteiger partial charge in [-0.15, -0.1) is 0 Å². The highest BCUT2D eigenvalue weighted by molar-refractivity contribution is 5.80. The van der Waals surface area contributed by atoms with Crippen LogP contribution in [0.4, 0.5) is 19.1 Å². The molecule has 0 atom stereocenters. The Morgan fingerprint density at radius 1 is 0.929 bits per heavy atom. The lowest BCUT2D eigenvalue weighted by Gasteiger charge is -2.37. The molecule has 13 heteroatoms. The number of imidazole rings is 1. The van der Waals surface area contributed by atoms with E-state index >= 15 is 0 Å². The number of pyridine rings is 1. The van der Waals surface area contributed by atoms with E-state index in [0.717, 1.165) is 43.6 Å². The number of likely N-dealkylation sites (tertiary alicyclic amines) is 2. The molecule has 42 heavy (non-hydrogen) atoms. The summed E-state index contributed by atoms with van der Waals surface area (Å²) in [6.45, 7) is 3.25. The first-order chi connectivity index (χ1) is 20.2. The van der Waals surface area contributed by atoms with Gasteiger partial charge in [-0.1, -0.05) is 6.07 Å². The van der Waals surface area contributed by atoms with Crippen LogP contribution < -0.4 is 11.4 Å². The number of amides is 1. The Hall–Kier alpha value is -4.26. The molecule has 4 aromatic rings. The second kappa shape index (κ2) is 11.2. The highest BCUT2D eigenvalue weighted by atomic mass is 19.4. The Morgan fingerprint density at radius 3 is 2.29 bits per heavy atom. The average molecular weight is 581 g/mol. The standard InChI is InChI=1S/C29H31F3N8O2/c30-29(31,32)21-4-5-23-24(15-21)40(25-3-1-2-10-34-25)28(42)39(23)22-8-13-38(14-9-22)26(41)20-6-11-37(12-7-20)18-19-16-35-27(33)36-17-19/h1-5,10,15-17,20,22H,6-9,11-14,18H2,(H2,33,35,36). The SMILES string of the molecule is Nc1ncc(CN2CCC(C(=O)N3CCC(n4c(=O)n(-c5ccccn5)c5cc(C(F)(F)F)ccc54)CC3)CC2)cn1. The number of anilines is 1. The Bertz CT molecular complexity index is 1620. The number of rotatable bonds is 5. The lowest BCUT2D eigenvalue weighted by Crippen LogP contribution is -2.46. The number of nitrogens with two attached hydrogens (primary N) is 1. The van der Waals surface area contributed by atoms with Crippen LogP contribution in [-0.4, -0.2) is 66.0 Å². The summed E-state index contributed by atoms with van der Waals surface area (Å²) in [6, 6.07) is 8.09. The zero-order valence-corrected chi connectivity index (χ0v) is 22.9. The molecule has 0 unspecified atom stereocenters. The number of aromatic nitrogens is 5. The number of piperidine rings is 2. The van der Waals surface area contributed by atoms with Gasteiger partial charge in [-0.05, 0) is 69.1 Å². The normalized spacial score (nSPS) is 17.6. The quantitative estimate of drug-likeness (QED) is 0.383. The van der Waals surface area contributed by atoms with E-state index in [-0.39, 0.29) is 35.1 Å². The number of hydrogen-bond acceptors (Lipinski definition) is 7. The second-order valence-corrected chi connectivity index (χ2v) is 10.9. The molecule has 2 fully saturated rings. The fourth-order valence-electron chi connectivity index (χ4n) is 6.10. The molecule has 2 aliphatic heterocycles. The maximum atomic E-state index is 13.7. The third-order valence-corrected chi connectivity index (χ3v) is 8.29. The number of carbonyl (C=O) groups is 1. The Balaban J connectivity index is 1.15. The summed E-state index contributed by atoms with van der Waals surface area (Å²) in [6.07, 6.45) is 2.97. The zero-order chi connectivity index (χ0) is 29.4. The van der Waals surface area contributed by atoms with Crippen molar-refractivity contribution in [1.29, 1.82) is 0 Å². The lowest BCUT2D eigenvalue weighted by molar-refractivity contribution is -0.138. The van der Waals surface area contributed by atoms with Crippen LogP contribution in [0.15, 0.2) is 59.8 Å². The van der Waals surface area contributed by atoms with Crippen LogP contribution in [0.1, 0.15) is 42.9 Å². The molecule has 1 aromatic carbocycles. The molecule has 0 radical (unpaired) electrons. The van der Waals surface area contributed by atoms with Crippen LogP contribution in [0.5, 0.6) is 0 Å². The zero-order valence-electron chi connectivity index (χ0n) is 22.9. The third-order valence-electron chi connectivity index (χ3n) is 8.29. The van der Waals surface area contributed by atoms with Crippen LogP contribution in [0.25, 0.3) is 16.9 Å². The fourth-order valence-corrected chi connectivity index (χ4v) is 6.10. The summed E-state index contributed by atoms with van der Waals surface area (Å²) < 4.78 is 43.5. The van der Waals surface area contributed by atoms with Gasteiger partial charge in [0, 0.05) is 55.7 Å². The van der Waals surface area contributed by atoms with Gasteiger partial charge in [-0.2, -0.15) is 13.2 Å². The third kappa shape index (κ3) is 5.48. The van der Waals surface area contributed by atoms with Crippen LogP contribution in [-0.2, 0) is 17.5 Å². The number of fused-ring (bicyclic) bond motifs is 1. The minimum Gasteiger partial charge on any atom is -0.368 e. The van der Waals surface area contributed by atoms with Gasteiger partial charge in [-0.3, -0.25) is 14.3 Å². The number of nitrogen functional groups attached to an aromatic ring is 1. The Kier molecular flexibility index (Phi) is 7.43. The molecule has 1 amide bonds. The van der Waals surface area contributed by atoms with Gasteiger partial charge < -0.3 is 10.6 Å². The highest BCUT2D eigenvalue weighted by Crippen LogP contribution is 2.34. The van der Waals surface area contributed by atoms with E-state index in [9.17, 15) is 22.8 Å². The number of hydrogen-bond donors (Lipinski definition) is 1. The molecule has 5 heterocycles. The molecular weight excluding hydrogens is 549 g/mol. The molecule has 2 aliphatic rings. The van der Waals surface area contributed by atoms with E-state index in [4.69, 9.17) is 5.73 Å². The summed E-state index contributed by atoms with van der Waals surface area (Å²) in [5, 5.41) is 0. The van der Waals surface area contributed by atoms with Gasteiger partial charge in [0.15, 0.2) is 0 Å². The lowest BCUT2D eigenvalue weighted by atomic mass is 9.93. The predicted octanol–water partition coefficient (Wildman–Crippen LogP) is 3.65. The first-order valence-electron chi connectivity index (χ1n) is 14.0. The molecule has 10 nitrogen and oxygen atoms in total. The second-order valence-electron chi connectivity index (χ2n) is 10.9. The van der Waals surface area contributed by atoms with Crippen molar-refractivity contribution in [3.63, 3.8) is 0 Å². The van der Waals surface area contributed by atoms with Gasteiger partial charge >= 0.3 is 11.9 Å². The summed E-state index contributed by atoms with van der Waals surface area (Å²) >= 11 is 0. The summed E-state index contributed by atoms with van der Waals surface area (Å²) in [7, 11) is 0. The fraction of sp³-hybridized carbons (Fsp3) is 0.414. The molecular formula is C29H31F3N8O2. The molecule has 2 saturated heterocycles. The van der Waals surface area contributed by atoms with Crippen molar-refractivity contribution in [3.05, 3.63) is 76.6 Å². The Morgan fingerprint density at radius 2 is 1.64 bits per heavy atom. The molecule has 2 N–H and O–H groups in total. The molecule has 0 bridgehead atoms. The molecule has 220 valence electrons. The maximum absolute atomic E-state index is 13.7. The first kappa shape index (κ1) is 27.9. The molecule has 3 aromatic heterocycles. The number of carbonyl (C=O) groups excluding carboxylic acids is 1. The first-order valence-corrected chi connectivity index (χ1v) is 14.0. The van der Waals surface area contributed by atoms with Crippen LogP contribution >= 0.6 is 0 Å². The summed E-state index contributed by atoms with van der Waals surface area (Å²) in [5.74, 6) is 0.566. The monoisotopic (exact) mass is 580 g/mol.